The van der Waals surface area contributed by atoms with E-state index in [1.807, 2.05) is 6.92 Å². The highest BCUT2D eigenvalue weighted by Crippen LogP contribution is 2.31. The van der Waals surface area contributed by atoms with Crippen molar-refractivity contribution in [2.45, 2.75) is 37.8 Å². The van der Waals surface area contributed by atoms with E-state index in [1.54, 1.807) is 31.2 Å². The number of hydrogen-bond donors (Lipinski definition) is 1. The van der Waals surface area contributed by atoms with E-state index in [0.717, 1.165) is 9.87 Å². The minimum atomic E-state index is -4.23. The summed E-state index contributed by atoms with van der Waals surface area (Å²) in [6.07, 6.45) is 0.287. The Morgan fingerprint density at radius 3 is 2.23 bits per heavy atom. The molecule has 0 saturated heterocycles. The number of methoxy groups -OCH3 is 1. The van der Waals surface area contributed by atoms with E-state index in [0.29, 0.717) is 15.8 Å². The highest BCUT2D eigenvalue weighted by Gasteiger charge is 2.33. The van der Waals surface area contributed by atoms with Gasteiger partial charge in [0.15, 0.2) is 0 Å². The van der Waals surface area contributed by atoms with E-state index < -0.39 is 40.2 Å². The van der Waals surface area contributed by atoms with Gasteiger partial charge in [0.1, 0.15) is 24.2 Å². The molecule has 0 bridgehead atoms. The summed E-state index contributed by atoms with van der Waals surface area (Å²) >= 11 is 3.33. The van der Waals surface area contributed by atoms with Crippen LogP contribution in [0.5, 0.6) is 5.75 Å². The van der Waals surface area contributed by atoms with Crippen LogP contribution in [0.1, 0.15) is 24.5 Å². The Morgan fingerprint density at radius 1 is 1.05 bits per heavy atom. The Kier molecular flexibility index (Phi) is 10.1. The summed E-state index contributed by atoms with van der Waals surface area (Å²) in [5.41, 5.74) is 1.80. The standard InChI is InChI=1S/C28H31BrFN3O5S/c1-5-25(28(35)31-3)32(17-20-8-10-21(30)11-9-20)27(34)18-33(22-12-6-19(2)7-13-22)39(36,37)23-14-15-26(38-4)24(29)16-23/h6-16,25H,5,17-18H2,1-4H3,(H,31,35)/t25-/m0/s1. The molecule has 1 atom stereocenters. The molecule has 39 heavy (non-hydrogen) atoms. The summed E-state index contributed by atoms with van der Waals surface area (Å²) in [7, 11) is -1.29. The minimum absolute atomic E-state index is 0.0130. The van der Waals surface area contributed by atoms with E-state index in [4.69, 9.17) is 4.74 Å². The van der Waals surface area contributed by atoms with Crippen LogP contribution in [0.15, 0.2) is 76.1 Å². The molecule has 0 aliphatic rings. The molecular formula is C28H31BrFN3O5S. The fraction of sp³-hybridized carbons (Fsp3) is 0.286. The summed E-state index contributed by atoms with van der Waals surface area (Å²) in [6, 6.07) is 15.8. The maximum Gasteiger partial charge on any atom is 0.264 e. The molecule has 0 aliphatic carbocycles. The first kappa shape index (κ1) is 30.1. The van der Waals surface area contributed by atoms with Crippen molar-refractivity contribution in [2.75, 3.05) is 25.0 Å². The van der Waals surface area contributed by atoms with E-state index in [1.165, 1.54) is 61.5 Å². The normalized spacial score (nSPS) is 11.9. The topological polar surface area (TPSA) is 96.0 Å². The second-order valence-corrected chi connectivity index (χ2v) is 11.5. The van der Waals surface area contributed by atoms with Crippen molar-refractivity contribution in [2.24, 2.45) is 0 Å². The molecule has 3 rings (SSSR count). The molecule has 0 aliphatic heterocycles. The van der Waals surface area contributed by atoms with Crippen LogP contribution < -0.4 is 14.4 Å². The van der Waals surface area contributed by atoms with Crippen LogP contribution in [-0.2, 0) is 26.2 Å². The number of amides is 2. The summed E-state index contributed by atoms with van der Waals surface area (Å²) in [5.74, 6) is -0.964. The van der Waals surface area contributed by atoms with Crippen molar-refractivity contribution in [1.29, 1.82) is 0 Å². The third kappa shape index (κ3) is 7.15. The number of likely N-dealkylation sites (N-methyl/N-ethyl adjacent to an activating group) is 1. The van der Waals surface area contributed by atoms with Crippen LogP contribution in [-0.4, -0.2) is 51.9 Å². The van der Waals surface area contributed by atoms with E-state index in [2.05, 4.69) is 21.2 Å². The maximum atomic E-state index is 13.9. The van der Waals surface area contributed by atoms with Crippen molar-refractivity contribution >= 4 is 43.5 Å². The SMILES string of the molecule is CC[C@@H](C(=O)NC)N(Cc1ccc(F)cc1)C(=O)CN(c1ccc(C)cc1)S(=O)(=O)c1ccc(OC)c(Br)c1. The van der Waals surface area contributed by atoms with Gasteiger partial charge in [-0.2, -0.15) is 0 Å². The van der Waals surface area contributed by atoms with Crippen LogP contribution in [0.3, 0.4) is 0 Å². The van der Waals surface area contributed by atoms with E-state index in [9.17, 15) is 22.4 Å². The summed E-state index contributed by atoms with van der Waals surface area (Å²) in [5, 5.41) is 2.57. The summed E-state index contributed by atoms with van der Waals surface area (Å²) < 4.78 is 48.1. The number of halogens is 2. The van der Waals surface area contributed by atoms with Gasteiger partial charge in [-0.05, 0) is 77.3 Å². The molecule has 0 radical (unpaired) electrons. The number of hydrogen-bond acceptors (Lipinski definition) is 5. The average Bonchev–Trinajstić information content (AvgIpc) is 2.92. The summed E-state index contributed by atoms with van der Waals surface area (Å²) in [4.78, 5) is 27.9. The molecule has 2 amide bonds. The Bertz CT molecular complexity index is 1420. The first-order chi connectivity index (χ1) is 18.5. The molecule has 11 heteroatoms. The second-order valence-electron chi connectivity index (χ2n) is 8.83. The van der Waals surface area contributed by atoms with Gasteiger partial charge >= 0.3 is 0 Å². The van der Waals surface area contributed by atoms with Crippen LogP contribution in [0.25, 0.3) is 0 Å². The molecular weight excluding hydrogens is 589 g/mol. The number of nitrogens with zero attached hydrogens (tertiary/aromatic N) is 2. The minimum Gasteiger partial charge on any atom is -0.496 e. The first-order valence-corrected chi connectivity index (χ1v) is 14.4. The third-order valence-electron chi connectivity index (χ3n) is 6.21. The van der Waals surface area contributed by atoms with Gasteiger partial charge in [-0.1, -0.05) is 36.8 Å². The first-order valence-electron chi connectivity index (χ1n) is 12.2. The van der Waals surface area contributed by atoms with Gasteiger partial charge in [0.25, 0.3) is 10.0 Å². The number of rotatable bonds is 11. The number of anilines is 1. The van der Waals surface area contributed by atoms with Gasteiger partial charge in [-0.3, -0.25) is 13.9 Å². The van der Waals surface area contributed by atoms with E-state index in [-0.39, 0.29) is 23.5 Å². The number of nitrogens with one attached hydrogen (secondary N) is 1. The van der Waals surface area contributed by atoms with Crippen LogP contribution in [0.2, 0.25) is 0 Å². The lowest BCUT2D eigenvalue weighted by molar-refractivity contribution is -0.140. The summed E-state index contributed by atoms with van der Waals surface area (Å²) in [6.45, 7) is 3.05. The molecule has 0 aromatic heterocycles. The molecule has 1 N–H and O–H groups in total. The van der Waals surface area contributed by atoms with Gasteiger partial charge < -0.3 is 15.0 Å². The predicted octanol–water partition coefficient (Wildman–Crippen LogP) is 4.65. The van der Waals surface area contributed by atoms with Crippen molar-refractivity contribution < 1.29 is 27.1 Å². The molecule has 0 heterocycles. The second kappa shape index (κ2) is 13.1. The molecule has 0 saturated carbocycles. The maximum absolute atomic E-state index is 13.9. The highest BCUT2D eigenvalue weighted by atomic mass is 79.9. The average molecular weight is 621 g/mol. The van der Waals surface area contributed by atoms with Crippen LogP contribution >= 0.6 is 15.9 Å². The zero-order valence-electron chi connectivity index (χ0n) is 22.1. The number of carbonyl (C=O) groups is 2. The molecule has 208 valence electrons. The lowest BCUT2D eigenvalue weighted by Gasteiger charge is -2.33. The molecule has 0 spiro atoms. The Labute approximate surface area is 236 Å². The molecule has 8 nitrogen and oxygen atoms in total. The van der Waals surface area contributed by atoms with E-state index >= 15 is 0 Å². The quantitative estimate of drug-likeness (QED) is 0.337. The van der Waals surface area contributed by atoms with Gasteiger partial charge in [-0.25, -0.2) is 12.8 Å². The van der Waals surface area contributed by atoms with Crippen molar-refractivity contribution in [3.8, 4) is 5.75 Å². The fourth-order valence-electron chi connectivity index (χ4n) is 4.05. The lowest BCUT2D eigenvalue weighted by atomic mass is 10.1. The number of aryl methyl sites for hydroxylation is 1. The van der Waals surface area contributed by atoms with Gasteiger partial charge in [0.05, 0.1) is 22.2 Å². The van der Waals surface area contributed by atoms with Gasteiger partial charge in [0, 0.05) is 13.6 Å². The molecule has 0 unspecified atom stereocenters. The van der Waals surface area contributed by atoms with Crippen molar-refractivity contribution in [3.05, 3.63) is 88.1 Å². The number of benzene rings is 3. The Balaban J connectivity index is 2.07. The Morgan fingerprint density at radius 2 is 1.69 bits per heavy atom. The van der Waals surface area contributed by atoms with Gasteiger partial charge in [0.2, 0.25) is 11.8 Å². The molecule has 0 fully saturated rings. The smallest absolute Gasteiger partial charge is 0.264 e. The fourth-order valence-corrected chi connectivity index (χ4v) is 6.18. The lowest BCUT2D eigenvalue weighted by Crippen LogP contribution is -2.51. The Hall–Kier alpha value is -3.44. The zero-order valence-corrected chi connectivity index (χ0v) is 24.6. The number of ether oxygens (including phenoxy) is 1. The third-order valence-corrected chi connectivity index (χ3v) is 8.60. The predicted molar refractivity (Wildman–Crippen MR) is 152 cm³/mol. The van der Waals surface area contributed by atoms with Crippen molar-refractivity contribution in [1.82, 2.24) is 10.2 Å². The number of carbonyl (C=O) groups excluding carboxylic acids is 2. The zero-order chi connectivity index (χ0) is 28.7. The van der Waals surface area contributed by atoms with Crippen molar-refractivity contribution in [3.63, 3.8) is 0 Å². The molecule has 3 aromatic carbocycles. The van der Waals surface area contributed by atoms with Crippen LogP contribution in [0.4, 0.5) is 10.1 Å². The largest absolute Gasteiger partial charge is 0.496 e. The van der Waals surface area contributed by atoms with Gasteiger partial charge in [-0.15, -0.1) is 0 Å². The molecule has 3 aromatic rings. The van der Waals surface area contributed by atoms with Crippen LogP contribution in [0, 0.1) is 12.7 Å². The highest BCUT2D eigenvalue weighted by molar-refractivity contribution is 9.10. The number of sulfonamides is 1. The monoisotopic (exact) mass is 619 g/mol.